The lowest BCUT2D eigenvalue weighted by Crippen LogP contribution is -2.44. The van der Waals surface area contributed by atoms with E-state index in [4.69, 9.17) is 0 Å². The first-order chi connectivity index (χ1) is 9.92. The van der Waals surface area contributed by atoms with Gasteiger partial charge in [0.2, 0.25) is 5.91 Å². The number of aryl methyl sites for hydroxylation is 1. The molecule has 2 aliphatic heterocycles. The Balaban J connectivity index is 0.00000132. The van der Waals surface area contributed by atoms with Gasteiger partial charge in [-0.1, -0.05) is 0 Å². The summed E-state index contributed by atoms with van der Waals surface area (Å²) in [5.41, 5.74) is 0.647. The van der Waals surface area contributed by atoms with E-state index in [2.05, 4.69) is 15.6 Å². The average molecular weight is 380 g/mol. The third-order valence-electron chi connectivity index (χ3n) is 4.65. The largest absolute Gasteiger partial charge is 0.345 e. The molecule has 2 aliphatic rings. The first-order valence-corrected chi connectivity index (χ1v) is 8.80. The number of fused-ring (bicyclic) bond motifs is 2. The molecule has 0 radical (unpaired) electrons. The van der Waals surface area contributed by atoms with Gasteiger partial charge in [-0.15, -0.1) is 36.2 Å². The molecule has 7 heteroatoms. The second kappa shape index (κ2) is 8.15. The van der Waals surface area contributed by atoms with Crippen LogP contribution in [0.15, 0.2) is 5.38 Å². The van der Waals surface area contributed by atoms with Crippen LogP contribution in [0.4, 0.5) is 0 Å². The van der Waals surface area contributed by atoms with Crippen LogP contribution >= 0.6 is 36.2 Å². The predicted molar refractivity (Wildman–Crippen MR) is 99.8 cm³/mol. The van der Waals surface area contributed by atoms with Crippen molar-refractivity contribution in [1.82, 2.24) is 15.6 Å². The van der Waals surface area contributed by atoms with Gasteiger partial charge in [0, 0.05) is 29.6 Å². The Kier molecular flexibility index (Phi) is 7.33. The molecule has 2 bridgehead atoms. The molecule has 132 valence electrons. The van der Waals surface area contributed by atoms with Crippen molar-refractivity contribution in [1.29, 1.82) is 0 Å². The molecule has 3 rings (SSSR count). The lowest BCUT2D eigenvalue weighted by atomic mass is 9.89. The maximum absolute atomic E-state index is 12.4. The monoisotopic (exact) mass is 379 g/mol. The number of thiazole rings is 1. The van der Waals surface area contributed by atoms with E-state index in [0.717, 1.165) is 23.5 Å². The lowest BCUT2D eigenvalue weighted by molar-refractivity contribution is -0.124. The van der Waals surface area contributed by atoms with Crippen LogP contribution in [0.3, 0.4) is 0 Å². The van der Waals surface area contributed by atoms with Crippen molar-refractivity contribution < 1.29 is 4.79 Å². The number of hydrogen-bond donors (Lipinski definition) is 2. The topological polar surface area (TPSA) is 54.0 Å². The minimum atomic E-state index is -0.373. The van der Waals surface area contributed by atoms with Crippen LogP contribution in [0.25, 0.3) is 0 Å². The molecular weight excluding hydrogens is 353 g/mol. The number of hydrogen-bond acceptors (Lipinski definition) is 4. The van der Waals surface area contributed by atoms with E-state index in [9.17, 15) is 4.79 Å². The molecule has 0 spiro atoms. The molecular formula is C16H27Cl2N3OS. The van der Waals surface area contributed by atoms with E-state index in [1.807, 2.05) is 26.2 Å². The van der Waals surface area contributed by atoms with Crippen LogP contribution in [0.1, 0.15) is 56.7 Å². The molecule has 2 atom stereocenters. The van der Waals surface area contributed by atoms with Crippen LogP contribution in [-0.4, -0.2) is 23.0 Å². The molecule has 23 heavy (non-hydrogen) atoms. The summed E-state index contributed by atoms with van der Waals surface area (Å²) >= 11 is 1.62. The Morgan fingerprint density at radius 2 is 1.96 bits per heavy atom. The second-order valence-electron chi connectivity index (χ2n) is 7.15. The predicted octanol–water partition coefficient (Wildman–Crippen LogP) is 3.57. The Morgan fingerprint density at radius 1 is 1.35 bits per heavy atom. The normalized spacial score (nSPS) is 26.1. The standard InChI is InChI=1S/C16H25N3OS.2ClH/c1-10-9-21-15(17-10)16(2,3)19-14(20)8-11-6-12-4-5-13(7-11)18-12;;/h9,11-13,18H,4-8H2,1-3H3,(H,19,20);2*1H. The van der Waals surface area contributed by atoms with E-state index in [1.165, 1.54) is 12.8 Å². The third-order valence-corrected chi connectivity index (χ3v) is 5.93. The fourth-order valence-electron chi connectivity index (χ4n) is 3.70. The third kappa shape index (κ3) is 5.05. The van der Waals surface area contributed by atoms with E-state index in [1.54, 1.807) is 11.3 Å². The summed E-state index contributed by atoms with van der Waals surface area (Å²) in [6.45, 7) is 6.06. The number of carbonyl (C=O) groups excluding carboxylic acids is 1. The van der Waals surface area contributed by atoms with Gasteiger partial charge in [-0.25, -0.2) is 4.98 Å². The average Bonchev–Trinajstić information content (AvgIpc) is 2.95. The van der Waals surface area contributed by atoms with E-state index >= 15 is 0 Å². The van der Waals surface area contributed by atoms with Gasteiger partial charge in [0.15, 0.2) is 0 Å². The van der Waals surface area contributed by atoms with Crippen molar-refractivity contribution >= 4 is 42.1 Å². The van der Waals surface area contributed by atoms with Crippen LogP contribution in [0.5, 0.6) is 0 Å². The van der Waals surface area contributed by atoms with E-state index in [0.29, 0.717) is 24.4 Å². The first kappa shape index (κ1) is 20.7. The highest BCUT2D eigenvalue weighted by Gasteiger charge is 2.35. The highest BCUT2D eigenvalue weighted by atomic mass is 35.5. The molecule has 2 unspecified atom stereocenters. The number of halogens is 2. The molecule has 3 heterocycles. The Morgan fingerprint density at radius 3 is 2.48 bits per heavy atom. The van der Waals surface area contributed by atoms with Gasteiger partial charge in [-0.2, -0.15) is 0 Å². The molecule has 2 fully saturated rings. The molecule has 2 N–H and O–H groups in total. The highest BCUT2D eigenvalue weighted by Crippen LogP contribution is 2.33. The zero-order chi connectivity index (χ0) is 15.0. The Labute approximate surface area is 155 Å². The summed E-state index contributed by atoms with van der Waals surface area (Å²) in [4.78, 5) is 16.9. The van der Waals surface area contributed by atoms with Crippen molar-refractivity contribution in [3.8, 4) is 0 Å². The van der Waals surface area contributed by atoms with Crippen molar-refractivity contribution in [2.45, 2.75) is 70.5 Å². The van der Waals surface area contributed by atoms with Gasteiger partial charge in [-0.05, 0) is 52.4 Å². The summed E-state index contributed by atoms with van der Waals surface area (Å²) < 4.78 is 0. The quantitative estimate of drug-likeness (QED) is 0.840. The van der Waals surface area contributed by atoms with Crippen LogP contribution in [0.2, 0.25) is 0 Å². The highest BCUT2D eigenvalue weighted by molar-refractivity contribution is 7.09. The number of nitrogens with zero attached hydrogens (tertiary/aromatic N) is 1. The Hall–Kier alpha value is -0.360. The van der Waals surface area contributed by atoms with E-state index < -0.39 is 0 Å². The molecule has 1 aromatic heterocycles. The van der Waals surface area contributed by atoms with Gasteiger partial charge >= 0.3 is 0 Å². The smallest absolute Gasteiger partial charge is 0.221 e. The molecule has 1 amide bonds. The zero-order valence-electron chi connectivity index (χ0n) is 13.9. The minimum Gasteiger partial charge on any atom is -0.345 e. The molecule has 0 saturated carbocycles. The van der Waals surface area contributed by atoms with E-state index in [-0.39, 0.29) is 36.3 Å². The van der Waals surface area contributed by atoms with Crippen LogP contribution in [-0.2, 0) is 10.3 Å². The number of carbonyl (C=O) groups is 1. The zero-order valence-corrected chi connectivity index (χ0v) is 16.4. The lowest BCUT2D eigenvalue weighted by Gasteiger charge is -2.30. The fourth-order valence-corrected chi connectivity index (χ4v) is 4.58. The maximum atomic E-state index is 12.4. The second-order valence-corrected chi connectivity index (χ2v) is 8.00. The molecule has 0 aliphatic carbocycles. The van der Waals surface area contributed by atoms with Crippen molar-refractivity contribution in [2.24, 2.45) is 5.92 Å². The number of piperidine rings is 1. The van der Waals surface area contributed by atoms with Gasteiger partial charge in [0.05, 0.1) is 5.54 Å². The Bertz CT molecular complexity index is 523. The number of nitrogens with one attached hydrogen (secondary N) is 2. The molecule has 0 aromatic carbocycles. The molecule has 1 aromatic rings. The summed E-state index contributed by atoms with van der Waals surface area (Å²) in [7, 11) is 0. The summed E-state index contributed by atoms with van der Waals surface area (Å²) in [6, 6.07) is 1.30. The number of aromatic nitrogens is 1. The summed E-state index contributed by atoms with van der Waals surface area (Å²) in [5.74, 6) is 0.705. The first-order valence-electron chi connectivity index (χ1n) is 7.92. The van der Waals surface area contributed by atoms with Gasteiger partial charge in [-0.3, -0.25) is 4.79 Å². The minimum absolute atomic E-state index is 0. The fraction of sp³-hybridized carbons (Fsp3) is 0.750. The summed E-state index contributed by atoms with van der Waals surface area (Å²) in [6.07, 6.45) is 5.53. The van der Waals surface area contributed by atoms with Crippen LogP contribution < -0.4 is 10.6 Å². The van der Waals surface area contributed by atoms with Gasteiger partial charge in [0.25, 0.3) is 0 Å². The van der Waals surface area contributed by atoms with Crippen molar-refractivity contribution in [2.75, 3.05) is 0 Å². The SMILES string of the molecule is Cc1csc(C(C)(C)NC(=O)CC2CC3CCC(C2)N3)n1.Cl.Cl. The number of rotatable bonds is 4. The molecule has 4 nitrogen and oxygen atoms in total. The maximum Gasteiger partial charge on any atom is 0.221 e. The molecule has 2 saturated heterocycles. The van der Waals surface area contributed by atoms with Crippen molar-refractivity contribution in [3.05, 3.63) is 16.1 Å². The summed E-state index contributed by atoms with van der Waals surface area (Å²) in [5, 5.41) is 9.82. The van der Waals surface area contributed by atoms with Gasteiger partial charge < -0.3 is 10.6 Å². The van der Waals surface area contributed by atoms with Crippen molar-refractivity contribution in [3.63, 3.8) is 0 Å². The number of amides is 1. The van der Waals surface area contributed by atoms with Crippen LogP contribution in [0, 0.1) is 12.8 Å². The van der Waals surface area contributed by atoms with Gasteiger partial charge in [0.1, 0.15) is 5.01 Å².